The van der Waals surface area contributed by atoms with E-state index in [9.17, 15) is 10.1 Å². The number of carbonyl (C=O) groups excluding carboxylic acids is 1. The fourth-order valence-corrected chi connectivity index (χ4v) is 2.98. The molecule has 138 valence electrons. The number of hydrogen-bond acceptors (Lipinski definition) is 4. The highest BCUT2D eigenvalue weighted by Gasteiger charge is 2.13. The molecule has 0 aromatic heterocycles. The minimum absolute atomic E-state index is 0.0787. The van der Waals surface area contributed by atoms with Crippen LogP contribution in [0.2, 0.25) is 0 Å². The molecule has 1 saturated heterocycles. The molecule has 0 unspecified atom stereocenters. The van der Waals surface area contributed by atoms with Gasteiger partial charge in [0.05, 0.1) is 13.2 Å². The van der Waals surface area contributed by atoms with Crippen LogP contribution < -0.4 is 10.2 Å². The van der Waals surface area contributed by atoms with E-state index in [0.717, 1.165) is 54.4 Å². The third-order valence-corrected chi connectivity index (χ3v) is 4.59. The molecule has 1 aliphatic rings. The van der Waals surface area contributed by atoms with Gasteiger partial charge in [-0.2, -0.15) is 5.26 Å². The monoisotopic (exact) mass is 361 g/mol. The van der Waals surface area contributed by atoms with Crippen molar-refractivity contribution < 1.29 is 9.53 Å². The van der Waals surface area contributed by atoms with Gasteiger partial charge in [0.1, 0.15) is 11.6 Å². The van der Waals surface area contributed by atoms with Gasteiger partial charge in [-0.25, -0.2) is 0 Å². The molecule has 3 rings (SSSR count). The van der Waals surface area contributed by atoms with Crippen LogP contribution >= 0.6 is 0 Å². The van der Waals surface area contributed by atoms with Crippen molar-refractivity contribution in [3.63, 3.8) is 0 Å². The Balaban J connectivity index is 1.74. The maximum Gasteiger partial charge on any atom is 0.266 e. The summed E-state index contributed by atoms with van der Waals surface area (Å²) >= 11 is 0. The van der Waals surface area contributed by atoms with Crippen LogP contribution in [0, 0.1) is 25.2 Å². The van der Waals surface area contributed by atoms with Crippen molar-refractivity contribution in [1.82, 2.24) is 0 Å². The average Bonchev–Trinajstić information content (AvgIpc) is 2.70. The smallest absolute Gasteiger partial charge is 0.266 e. The van der Waals surface area contributed by atoms with Crippen LogP contribution in [0.5, 0.6) is 0 Å². The number of rotatable bonds is 4. The zero-order valence-corrected chi connectivity index (χ0v) is 15.7. The van der Waals surface area contributed by atoms with Gasteiger partial charge in [-0.3, -0.25) is 4.79 Å². The van der Waals surface area contributed by atoms with E-state index in [1.807, 2.05) is 62.4 Å². The summed E-state index contributed by atoms with van der Waals surface area (Å²) in [5, 5.41) is 12.3. The molecule has 0 radical (unpaired) electrons. The number of carbonyl (C=O) groups is 1. The van der Waals surface area contributed by atoms with Gasteiger partial charge in [0, 0.05) is 24.5 Å². The summed E-state index contributed by atoms with van der Waals surface area (Å²) in [5.74, 6) is -0.400. The minimum atomic E-state index is -0.400. The number of hydrogen-bond donors (Lipinski definition) is 1. The second kappa shape index (κ2) is 8.52. The number of aryl methyl sites for hydroxylation is 2. The molecule has 1 heterocycles. The Bertz CT molecular complexity index is 889. The Labute approximate surface area is 159 Å². The molecular weight excluding hydrogens is 338 g/mol. The van der Waals surface area contributed by atoms with Gasteiger partial charge >= 0.3 is 0 Å². The molecule has 0 bridgehead atoms. The van der Waals surface area contributed by atoms with Crippen LogP contribution in [0.4, 0.5) is 11.4 Å². The Morgan fingerprint density at radius 2 is 1.85 bits per heavy atom. The lowest BCUT2D eigenvalue weighted by atomic mass is 10.1. The molecule has 1 N–H and O–H groups in total. The standard InChI is InChI=1S/C22H23N3O2/c1-16-3-4-17(2)21(13-16)24-22(26)19(15-23)14-18-5-7-20(8-6-18)25-9-11-27-12-10-25/h3-8,13-14H,9-12H2,1-2H3,(H,24,26)/b19-14-. The fraction of sp³-hybridized carbons (Fsp3) is 0.273. The van der Waals surface area contributed by atoms with Crippen molar-refractivity contribution in [2.24, 2.45) is 0 Å². The fourth-order valence-electron chi connectivity index (χ4n) is 2.98. The van der Waals surface area contributed by atoms with E-state index < -0.39 is 5.91 Å². The normalized spacial score (nSPS) is 14.6. The Hall–Kier alpha value is -3.10. The topological polar surface area (TPSA) is 65.4 Å². The van der Waals surface area contributed by atoms with Crippen LogP contribution in [0.15, 0.2) is 48.0 Å². The number of nitriles is 1. The van der Waals surface area contributed by atoms with Crippen molar-refractivity contribution in [2.45, 2.75) is 13.8 Å². The number of amides is 1. The van der Waals surface area contributed by atoms with Gasteiger partial charge < -0.3 is 15.0 Å². The highest BCUT2D eigenvalue weighted by molar-refractivity contribution is 6.10. The van der Waals surface area contributed by atoms with Crippen LogP contribution in [0.1, 0.15) is 16.7 Å². The summed E-state index contributed by atoms with van der Waals surface area (Å²) in [4.78, 5) is 14.8. The second-order valence-corrected chi connectivity index (χ2v) is 6.63. The summed E-state index contributed by atoms with van der Waals surface area (Å²) in [5.41, 5.74) is 4.76. The first-order chi connectivity index (χ1) is 13.1. The lowest BCUT2D eigenvalue weighted by Crippen LogP contribution is -2.36. The molecule has 0 aliphatic carbocycles. The quantitative estimate of drug-likeness (QED) is 0.666. The van der Waals surface area contributed by atoms with Crippen LogP contribution in [-0.4, -0.2) is 32.2 Å². The van der Waals surface area contributed by atoms with E-state index in [4.69, 9.17) is 4.74 Å². The predicted molar refractivity (Wildman–Crippen MR) is 108 cm³/mol. The van der Waals surface area contributed by atoms with Gasteiger partial charge in [-0.05, 0) is 54.8 Å². The van der Waals surface area contributed by atoms with Gasteiger partial charge in [-0.1, -0.05) is 24.3 Å². The minimum Gasteiger partial charge on any atom is -0.378 e. The third kappa shape index (κ3) is 4.75. The van der Waals surface area contributed by atoms with Crippen molar-refractivity contribution in [2.75, 3.05) is 36.5 Å². The van der Waals surface area contributed by atoms with Crippen LogP contribution in [0.25, 0.3) is 6.08 Å². The first-order valence-corrected chi connectivity index (χ1v) is 9.00. The third-order valence-electron chi connectivity index (χ3n) is 4.59. The maximum atomic E-state index is 12.5. The number of anilines is 2. The lowest BCUT2D eigenvalue weighted by molar-refractivity contribution is -0.112. The molecule has 1 aliphatic heterocycles. The molecule has 0 atom stereocenters. The van der Waals surface area contributed by atoms with Crippen molar-refractivity contribution in [3.05, 3.63) is 64.7 Å². The molecule has 1 amide bonds. The molecule has 5 heteroatoms. The SMILES string of the molecule is Cc1ccc(C)c(NC(=O)/C(C#N)=C\c2ccc(N3CCOCC3)cc2)c1. The van der Waals surface area contributed by atoms with E-state index in [1.54, 1.807) is 6.08 Å². The average molecular weight is 361 g/mol. The first kappa shape index (κ1) is 18.7. The van der Waals surface area contributed by atoms with E-state index in [1.165, 1.54) is 0 Å². The number of nitrogens with one attached hydrogen (secondary N) is 1. The molecule has 0 spiro atoms. The van der Waals surface area contributed by atoms with Gasteiger partial charge in [0.15, 0.2) is 0 Å². The summed E-state index contributed by atoms with van der Waals surface area (Å²) < 4.78 is 5.37. The Morgan fingerprint density at radius 1 is 1.15 bits per heavy atom. The summed E-state index contributed by atoms with van der Waals surface area (Å²) in [6, 6.07) is 15.7. The van der Waals surface area contributed by atoms with Gasteiger partial charge in [-0.15, -0.1) is 0 Å². The van der Waals surface area contributed by atoms with Crippen molar-refractivity contribution in [3.8, 4) is 6.07 Å². The number of ether oxygens (including phenoxy) is 1. The van der Waals surface area contributed by atoms with E-state index in [2.05, 4.69) is 10.2 Å². The van der Waals surface area contributed by atoms with Crippen molar-refractivity contribution in [1.29, 1.82) is 5.26 Å². The number of nitrogens with zero attached hydrogens (tertiary/aromatic N) is 2. The second-order valence-electron chi connectivity index (χ2n) is 6.63. The van der Waals surface area contributed by atoms with E-state index in [-0.39, 0.29) is 5.57 Å². The zero-order valence-electron chi connectivity index (χ0n) is 15.7. The number of morpholine rings is 1. The lowest BCUT2D eigenvalue weighted by Gasteiger charge is -2.28. The van der Waals surface area contributed by atoms with Crippen molar-refractivity contribution >= 4 is 23.4 Å². The van der Waals surface area contributed by atoms with Crippen LogP contribution in [0.3, 0.4) is 0 Å². The van der Waals surface area contributed by atoms with Crippen LogP contribution in [-0.2, 0) is 9.53 Å². The Kier molecular flexibility index (Phi) is 5.90. The zero-order chi connectivity index (χ0) is 19.2. The van der Waals surface area contributed by atoms with Gasteiger partial charge in [0.25, 0.3) is 5.91 Å². The summed E-state index contributed by atoms with van der Waals surface area (Å²) in [6.45, 7) is 7.10. The summed E-state index contributed by atoms with van der Waals surface area (Å²) in [6.07, 6.45) is 1.61. The molecular formula is C22H23N3O2. The van der Waals surface area contributed by atoms with E-state index in [0.29, 0.717) is 0 Å². The first-order valence-electron chi connectivity index (χ1n) is 9.00. The Morgan fingerprint density at radius 3 is 2.52 bits per heavy atom. The maximum absolute atomic E-state index is 12.5. The predicted octanol–water partition coefficient (Wildman–Crippen LogP) is 3.69. The highest BCUT2D eigenvalue weighted by Crippen LogP contribution is 2.20. The molecule has 5 nitrogen and oxygen atoms in total. The molecule has 1 fully saturated rings. The van der Waals surface area contributed by atoms with Gasteiger partial charge in [0.2, 0.25) is 0 Å². The largest absolute Gasteiger partial charge is 0.378 e. The highest BCUT2D eigenvalue weighted by atomic mass is 16.5. The molecule has 2 aromatic carbocycles. The molecule has 0 saturated carbocycles. The molecule has 2 aromatic rings. The summed E-state index contributed by atoms with van der Waals surface area (Å²) in [7, 11) is 0. The molecule has 27 heavy (non-hydrogen) atoms. The van der Waals surface area contributed by atoms with E-state index >= 15 is 0 Å². The number of benzene rings is 2.